The molecule has 5 heteroatoms. The average molecular weight is 267 g/mol. The van der Waals surface area contributed by atoms with Gasteiger partial charge in [-0.3, -0.25) is 9.59 Å². The highest BCUT2D eigenvalue weighted by Gasteiger charge is 2.07. The van der Waals surface area contributed by atoms with Gasteiger partial charge in [0.25, 0.3) is 5.56 Å². The first-order chi connectivity index (χ1) is 9.58. The molecule has 0 aliphatic carbocycles. The molecule has 2 rings (SSSR count). The topological polar surface area (TPSA) is 75.8 Å². The molecule has 0 fully saturated rings. The third kappa shape index (κ3) is 3.39. The van der Waals surface area contributed by atoms with Crippen LogP contribution in [-0.4, -0.2) is 15.6 Å². The number of hydrogen-bond acceptors (Lipinski definition) is 4. The molecule has 0 bridgehead atoms. The van der Waals surface area contributed by atoms with Gasteiger partial charge in [0.2, 0.25) is 0 Å². The van der Waals surface area contributed by atoms with E-state index in [2.05, 4.69) is 5.10 Å². The molecule has 0 radical (unpaired) electrons. The summed E-state index contributed by atoms with van der Waals surface area (Å²) in [6.07, 6.45) is 0.216. The number of hydrogen-bond donors (Lipinski definition) is 0. The Morgan fingerprint density at radius 1 is 1.25 bits per heavy atom. The Balaban J connectivity index is 2.07. The van der Waals surface area contributed by atoms with Gasteiger partial charge in [0.05, 0.1) is 17.3 Å². The summed E-state index contributed by atoms with van der Waals surface area (Å²) in [6.45, 7) is 1.72. The maximum atomic E-state index is 11.9. The van der Waals surface area contributed by atoms with E-state index in [1.807, 2.05) is 6.07 Å². The lowest BCUT2D eigenvalue weighted by Gasteiger charge is -2.05. The first-order valence-corrected chi connectivity index (χ1v) is 6.14. The van der Waals surface area contributed by atoms with E-state index >= 15 is 0 Å². The van der Waals surface area contributed by atoms with Crippen LogP contribution < -0.4 is 5.56 Å². The van der Waals surface area contributed by atoms with Crippen molar-refractivity contribution in [1.29, 1.82) is 5.26 Å². The maximum Gasteiger partial charge on any atom is 0.267 e. The Kier molecular flexibility index (Phi) is 4.06. The number of aromatic nitrogens is 2. The van der Waals surface area contributed by atoms with Gasteiger partial charge >= 0.3 is 0 Å². The van der Waals surface area contributed by atoms with Crippen LogP contribution in [-0.2, 0) is 17.8 Å². The van der Waals surface area contributed by atoms with Crippen molar-refractivity contribution in [1.82, 2.24) is 9.78 Å². The standard InChI is InChI=1S/C15H13N3O2/c1-11-2-7-15(20)18(17-11)10-14(19)8-12-3-5-13(9-16)6-4-12/h2-7H,8,10H2,1H3. The lowest BCUT2D eigenvalue weighted by Crippen LogP contribution is -2.27. The van der Waals surface area contributed by atoms with E-state index in [0.717, 1.165) is 5.56 Å². The Morgan fingerprint density at radius 3 is 2.60 bits per heavy atom. The minimum Gasteiger partial charge on any atom is -0.297 e. The maximum absolute atomic E-state index is 11.9. The van der Waals surface area contributed by atoms with Crippen LogP contribution in [0, 0.1) is 18.3 Å². The van der Waals surface area contributed by atoms with Crippen LogP contribution in [0.15, 0.2) is 41.2 Å². The van der Waals surface area contributed by atoms with Crippen molar-refractivity contribution >= 4 is 5.78 Å². The van der Waals surface area contributed by atoms with E-state index in [-0.39, 0.29) is 24.3 Å². The second-order valence-corrected chi connectivity index (χ2v) is 4.49. The van der Waals surface area contributed by atoms with Crippen molar-refractivity contribution in [3.63, 3.8) is 0 Å². The van der Waals surface area contributed by atoms with Crippen molar-refractivity contribution in [2.45, 2.75) is 19.9 Å². The normalized spacial score (nSPS) is 10.0. The highest BCUT2D eigenvalue weighted by atomic mass is 16.1. The molecule has 5 nitrogen and oxygen atoms in total. The first kappa shape index (κ1) is 13.7. The summed E-state index contributed by atoms with van der Waals surface area (Å²) < 4.78 is 1.17. The summed E-state index contributed by atoms with van der Waals surface area (Å²) in [5.74, 6) is -0.102. The van der Waals surface area contributed by atoms with Gasteiger partial charge in [0.1, 0.15) is 6.54 Å². The first-order valence-electron chi connectivity index (χ1n) is 6.14. The zero-order valence-corrected chi connectivity index (χ0v) is 11.0. The van der Waals surface area contributed by atoms with Crippen molar-refractivity contribution in [3.8, 4) is 6.07 Å². The van der Waals surface area contributed by atoms with E-state index in [9.17, 15) is 9.59 Å². The molecule has 1 aromatic heterocycles. The van der Waals surface area contributed by atoms with E-state index < -0.39 is 0 Å². The zero-order valence-electron chi connectivity index (χ0n) is 11.0. The monoisotopic (exact) mass is 267 g/mol. The predicted molar refractivity (Wildman–Crippen MR) is 73.1 cm³/mol. The number of carbonyl (C=O) groups is 1. The summed E-state index contributed by atoms with van der Waals surface area (Å²) in [4.78, 5) is 23.5. The zero-order chi connectivity index (χ0) is 14.5. The molecule has 1 heterocycles. The number of nitriles is 1. The molecule has 0 aliphatic rings. The molecule has 0 unspecified atom stereocenters. The fraction of sp³-hybridized carbons (Fsp3) is 0.200. The molecular formula is C15H13N3O2. The molecule has 0 atom stereocenters. The molecule has 0 N–H and O–H groups in total. The van der Waals surface area contributed by atoms with Crippen molar-refractivity contribution in [3.05, 3.63) is 63.6 Å². The average Bonchev–Trinajstić information content (AvgIpc) is 2.43. The summed E-state index contributed by atoms with van der Waals surface area (Å²) in [5.41, 5.74) is 1.77. The van der Waals surface area contributed by atoms with Gasteiger partial charge in [0.15, 0.2) is 5.78 Å². The number of ketones is 1. The molecule has 0 saturated heterocycles. The highest BCUT2D eigenvalue weighted by molar-refractivity contribution is 5.80. The minimum absolute atomic E-state index is 0.0412. The van der Waals surface area contributed by atoms with Gasteiger partial charge in [-0.1, -0.05) is 12.1 Å². The Hall–Kier alpha value is -2.74. The van der Waals surface area contributed by atoms with Crippen molar-refractivity contribution < 1.29 is 4.79 Å². The Bertz CT molecular complexity index is 724. The van der Waals surface area contributed by atoms with Gasteiger partial charge in [-0.2, -0.15) is 10.4 Å². The largest absolute Gasteiger partial charge is 0.297 e. The van der Waals surface area contributed by atoms with Gasteiger partial charge in [-0.05, 0) is 30.7 Å². The van der Waals surface area contributed by atoms with E-state index in [1.54, 1.807) is 37.3 Å². The predicted octanol–water partition coefficient (Wildman–Crippen LogP) is 1.24. The molecule has 0 amide bonds. The van der Waals surface area contributed by atoms with Crippen LogP contribution in [0.25, 0.3) is 0 Å². The smallest absolute Gasteiger partial charge is 0.267 e. The highest BCUT2D eigenvalue weighted by Crippen LogP contribution is 2.05. The van der Waals surface area contributed by atoms with E-state index in [4.69, 9.17) is 5.26 Å². The van der Waals surface area contributed by atoms with Crippen molar-refractivity contribution in [2.75, 3.05) is 0 Å². The fourth-order valence-electron chi connectivity index (χ4n) is 1.81. The summed E-state index contributed by atoms with van der Waals surface area (Å²) in [5, 5.41) is 12.7. The number of benzene rings is 1. The van der Waals surface area contributed by atoms with Crippen LogP contribution in [0.5, 0.6) is 0 Å². The molecule has 2 aromatic rings. The SMILES string of the molecule is Cc1ccc(=O)n(CC(=O)Cc2ccc(C#N)cc2)n1. The van der Waals surface area contributed by atoms with Crippen LogP contribution in [0.4, 0.5) is 0 Å². The number of aryl methyl sites for hydroxylation is 1. The molecule has 0 spiro atoms. The van der Waals surface area contributed by atoms with Gasteiger partial charge < -0.3 is 0 Å². The summed E-state index contributed by atoms with van der Waals surface area (Å²) in [6, 6.07) is 11.8. The number of nitrogens with zero attached hydrogens (tertiary/aromatic N) is 3. The van der Waals surface area contributed by atoms with E-state index in [0.29, 0.717) is 11.3 Å². The quantitative estimate of drug-likeness (QED) is 0.835. The molecule has 1 aromatic carbocycles. The van der Waals surface area contributed by atoms with Gasteiger partial charge in [-0.15, -0.1) is 0 Å². The number of rotatable bonds is 4. The third-order valence-electron chi connectivity index (χ3n) is 2.81. The molecule has 100 valence electrons. The Labute approximate surface area is 116 Å². The second kappa shape index (κ2) is 5.93. The fourth-order valence-corrected chi connectivity index (χ4v) is 1.81. The molecule has 0 aliphatic heterocycles. The van der Waals surface area contributed by atoms with Gasteiger partial charge in [-0.25, -0.2) is 4.68 Å². The number of Topliss-reactive ketones (excluding diaryl/α,β-unsaturated/α-hetero) is 1. The third-order valence-corrected chi connectivity index (χ3v) is 2.81. The lowest BCUT2D eigenvalue weighted by atomic mass is 10.1. The second-order valence-electron chi connectivity index (χ2n) is 4.49. The lowest BCUT2D eigenvalue weighted by molar-refractivity contribution is -0.119. The van der Waals surface area contributed by atoms with Gasteiger partial charge in [0, 0.05) is 12.5 Å². The number of carbonyl (C=O) groups excluding carboxylic acids is 1. The van der Waals surface area contributed by atoms with Crippen molar-refractivity contribution in [2.24, 2.45) is 0 Å². The Morgan fingerprint density at radius 2 is 1.95 bits per heavy atom. The molecular weight excluding hydrogens is 254 g/mol. The summed E-state index contributed by atoms with van der Waals surface area (Å²) >= 11 is 0. The van der Waals surface area contributed by atoms with Crippen LogP contribution in [0.1, 0.15) is 16.8 Å². The molecule has 20 heavy (non-hydrogen) atoms. The van der Waals surface area contributed by atoms with Crippen LogP contribution >= 0.6 is 0 Å². The summed E-state index contributed by atoms with van der Waals surface area (Å²) in [7, 11) is 0. The minimum atomic E-state index is -0.288. The van der Waals surface area contributed by atoms with E-state index in [1.165, 1.54) is 10.7 Å². The van der Waals surface area contributed by atoms with Crippen LogP contribution in [0.2, 0.25) is 0 Å². The van der Waals surface area contributed by atoms with Crippen LogP contribution in [0.3, 0.4) is 0 Å². The molecule has 0 saturated carbocycles.